The van der Waals surface area contributed by atoms with Gasteiger partial charge in [0.1, 0.15) is 5.41 Å². The first-order valence-corrected chi connectivity index (χ1v) is 13.9. The van der Waals surface area contributed by atoms with Crippen LogP contribution in [-0.4, -0.2) is 48.8 Å². The van der Waals surface area contributed by atoms with Crippen molar-refractivity contribution in [3.63, 3.8) is 0 Å². The maximum absolute atomic E-state index is 14.6. The van der Waals surface area contributed by atoms with Gasteiger partial charge in [-0.3, -0.25) is 4.79 Å². The number of thioether (sulfide) groups is 1. The van der Waals surface area contributed by atoms with Crippen LogP contribution in [-0.2, 0) is 16.8 Å². The van der Waals surface area contributed by atoms with E-state index in [0.717, 1.165) is 42.9 Å². The number of anilines is 1. The summed E-state index contributed by atoms with van der Waals surface area (Å²) in [4.78, 5) is 18.4. The molecule has 3 aromatic rings. The van der Waals surface area contributed by atoms with Crippen molar-refractivity contribution in [2.45, 2.75) is 42.5 Å². The Morgan fingerprint density at radius 1 is 0.886 bits per heavy atom. The van der Waals surface area contributed by atoms with E-state index in [1.54, 1.807) is 11.8 Å². The Morgan fingerprint density at radius 2 is 1.57 bits per heavy atom. The summed E-state index contributed by atoms with van der Waals surface area (Å²) < 4.78 is 0. The van der Waals surface area contributed by atoms with Crippen molar-refractivity contribution in [2.75, 3.05) is 37.9 Å². The van der Waals surface area contributed by atoms with Crippen LogP contribution in [0.15, 0.2) is 83.8 Å². The monoisotopic (exact) mass is 485 g/mol. The third kappa shape index (κ3) is 4.53. The standard InChI is InChI=1S/C30H35N3OS/c1-31(23-24-13-7-10-18-28(24)35-2)33-27-17-9-8-16-26(27)30(29(33)34,25-14-5-3-6-15-25)19-22-32-20-11-4-12-21-32/h3,5-10,13-18H,4,11-12,19-23H2,1-2H3. The minimum atomic E-state index is -0.678. The van der Waals surface area contributed by atoms with Gasteiger partial charge in [0.05, 0.1) is 5.69 Å². The number of carbonyl (C=O) groups is 1. The van der Waals surface area contributed by atoms with Crippen LogP contribution < -0.4 is 5.01 Å². The van der Waals surface area contributed by atoms with Crippen LogP contribution in [0.25, 0.3) is 0 Å². The van der Waals surface area contributed by atoms with Crippen LogP contribution in [0, 0.1) is 0 Å². The molecular formula is C30H35N3OS. The second-order valence-electron chi connectivity index (χ2n) is 9.69. The molecule has 2 aliphatic rings. The number of rotatable bonds is 8. The molecule has 1 amide bonds. The molecular weight excluding hydrogens is 450 g/mol. The molecule has 2 aliphatic heterocycles. The third-order valence-corrected chi connectivity index (χ3v) is 8.44. The molecule has 1 fully saturated rings. The van der Waals surface area contributed by atoms with E-state index in [1.807, 2.05) is 18.1 Å². The molecule has 1 unspecified atom stereocenters. The van der Waals surface area contributed by atoms with Crippen LogP contribution in [0.1, 0.15) is 42.4 Å². The lowest BCUT2D eigenvalue weighted by Gasteiger charge is -2.35. The Kier molecular flexibility index (Phi) is 7.28. The van der Waals surface area contributed by atoms with E-state index in [1.165, 1.54) is 29.7 Å². The number of hydrogen-bond acceptors (Lipinski definition) is 4. The summed E-state index contributed by atoms with van der Waals surface area (Å²) in [5, 5.41) is 4.04. The number of hydrazine groups is 1. The first kappa shape index (κ1) is 24.1. The first-order valence-electron chi connectivity index (χ1n) is 12.7. The third-order valence-electron chi connectivity index (χ3n) is 7.60. The molecule has 2 heterocycles. The molecule has 0 bridgehead atoms. The Morgan fingerprint density at radius 3 is 2.34 bits per heavy atom. The molecule has 1 atom stereocenters. The summed E-state index contributed by atoms with van der Waals surface area (Å²) in [6.07, 6.45) is 6.73. The zero-order valence-electron chi connectivity index (χ0n) is 20.8. The van der Waals surface area contributed by atoms with Gasteiger partial charge in [0.25, 0.3) is 5.91 Å². The largest absolute Gasteiger partial charge is 0.303 e. The van der Waals surface area contributed by atoms with E-state index in [4.69, 9.17) is 0 Å². The zero-order chi connectivity index (χ0) is 24.3. The highest BCUT2D eigenvalue weighted by Gasteiger charge is 2.53. The summed E-state index contributed by atoms with van der Waals surface area (Å²) in [5.41, 5.74) is 3.78. The smallest absolute Gasteiger partial charge is 0.256 e. The van der Waals surface area contributed by atoms with Crippen LogP contribution in [0.3, 0.4) is 0 Å². The number of fused-ring (bicyclic) bond motifs is 1. The predicted molar refractivity (Wildman–Crippen MR) is 146 cm³/mol. The number of benzene rings is 3. The summed E-state index contributed by atoms with van der Waals surface area (Å²) in [7, 11) is 2.04. The molecule has 182 valence electrons. The quantitative estimate of drug-likeness (QED) is 0.368. The minimum Gasteiger partial charge on any atom is -0.303 e. The molecule has 0 saturated carbocycles. The average molecular weight is 486 g/mol. The van der Waals surface area contributed by atoms with Gasteiger partial charge >= 0.3 is 0 Å². The number of piperidine rings is 1. The fourth-order valence-corrected chi connectivity index (χ4v) is 6.42. The molecule has 0 aliphatic carbocycles. The van der Waals surface area contributed by atoms with Crippen molar-refractivity contribution >= 4 is 23.4 Å². The van der Waals surface area contributed by atoms with Gasteiger partial charge in [0, 0.05) is 18.5 Å². The Labute approximate surface area is 213 Å². The lowest BCUT2D eigenvalue weighted by Crippen LogP contribution is -2.49. The SMILES string of the molecule is CSc1ccccc1CN(C)N1C(=O)C(CCN2CCCCC2)(c2ccccc2)c2ccccc21. The van der Waals surface area contributed by atoms with Gasteiger partial charge in [-0.1, -0.05) is 73.2 Å². The second-order valence-corrected chi connectivity index (χ2v) is 10.5. The van der Waals surface area contributed by atoms with Gasteiger partial charge in [0.2, 0.25) is 0 Å². The summed E-state index contributed by atoms with van der Waals surface area (Å²) in [6.45, 7) is 3.88. The number of carbonyl (C=O) groups excluding carboxylic acids is 1. The van der Waals surface area contributed by atoms with Crippen LogP contribution in [0.4, 0.5) is 5.69 Å². The van der Waals surface area contributed by atoms with Gasteiger partial charge in [-0.25, -0.2) is 10.0 Å². The van der Waals surface area contributed by atoms with E-state index >= 15 is 0 Å². The topological polar surface area (TPSA) is 26.8 Å². The molecule has 4 nitrogen and oxygen atoms in total. The van der Waals surface area contributed by atoms with E-state index in [-0.39, 0.29) is 5.91 Å². The zero-order valence-corrected chi connectivity index (χ0v) is 21.6. The number of nitrogens with zero attached hydrogens (tertiary/aromatic N) is 3. The van der Waals surface area contributed by atoms with Crippen LogP contribution >= 0.6 is 11.8 Å². The van der Waals surface area contributed by atoms with E-state index in [0.29, 0.717) is 6.54 Å². The number of amides is 1. The van der Waals surface area contributed by atoms with Gasteiger partial charge in [0.15, 0.2) is 0 Å². The summed E-state index contributed by atoms with van der Waals surface area (Å²) in [5.74, 6) is 0.158. The normalized spacial score (nSPS) is 20.4. The molecule has 0 N–H and O–H groups in total. The molecule has 1 saturated heterocycles. The number of para-hydroxylation sites is 1. The minimum absolute atomic E-state index is 0.158. The maximum atomic E-state index is 14.6. The first-order chi connectivity index (χ1) is 17.1. The molecule has 3 aromatic carbocycles. The summed E-state index contributed by atoms with van der Waals surface area (Å²) >= 11 is 1.75. The highest BCUT2D eigenvalue weighted by Crippen LogP contribution is 2.49. The number of hydrogen-bond donors (Lipinski definition) is 0. The van der Waals surface area contributed by atoms with Crippen LogP contribution in [0.5, 0.6) is 0 Å². The van der Waals surface area contributed by atoms with Crippen molar-refractivity contribution in [1.29, 1.82) is 0 Å². The predicted octanol–water partition coefficient (Wildman–Crippen LogP) is 5.96. The lowest BCUT2D eigenvalue weighted by molar-refractivity contribution is -0.125. The molecule has 0 radical (unpaired) electrons. The molecule has 35 heavy (non-hydrogen) atoms. The fraction of sp³-hybridized carbons (Fsp3) is 0.367. The van der Waals surface area contributed by atoms with Gasteiger partial charge < -0.3 is 4.90 Å². The maximum Gasteiger partial charge on any atom is 0.256 e. The van der Waals surface area contributed by atoms with Gasteiger partial charge in [-0.2, -0.15) is 0 Å². The van der Waals surface area contributed by atoms with E-state index in [2.05, 4.69) is 89.0 Å². The number of likely N-dealkylation sites (tertiary alicyclic amines) is 1. The van der Waals surface area contributed by atoms with E-state index in [9.17, 15) is 4.79 Å². The summed E-state index contributed by atoms with van der Waals surface area (Å²) in [6, 6.07) is 27.3. The Hall–Kier alpha value is -2.60. The molecule has 0 aromatic heterocycles. The van der Waals surface area contributed by atoms with Crippen molar-refractivity contribution < 1.29 is 4.79 Å². The van der Waals surface area contributed by atoms with Crippen molar-refractivity contribution in [3.8, 4) is 0 Å². The average Bonchev–Trinajstić information content (AvgIpc) is 3.17. The van der Waals surface area contributed by atoms with Gasteiger partial charge in [-0.15, -0.1) is 11.8 Å². The lowest BCUT2D eigenvalue weighted by atomic mass is 9.72. The second kappa shape index (κ2) is 10.6. The van der Waals surface area contributed by atoms with E-state index < -0.39 is 5.41 Å². The molecule has 5 rings (SSSR count). The van der Waals surface area contributed by atoms with Crippen molar-refractivity contribution in [1.82, 2.24) is 9.91 Å². The van der Waals surface area contributed by atoms with Gasteiger partial charge in [-0.05, 0) is 74.0 Å². The highest BCUT2D eigenvalue weighted by atomic mass is 32.2. The highest BCUT2D eigenvalue weighted by molar-refractivity contribution is 7.98. The Balaban J connectivity index is 1.54. The molecule has 5 heteroatoms. The van der Waals surface area contributed by atoms with Crippen molar-refractivity contribution in [2.24, 2.45) is 0 Å². The Bertz CT molecular complexity index is 1160. The fourth-order valence-electron chi connectivity index (χ4n) is 5.81. The van der Waals surface area contributed by atoms with Crippen LogP contribution in [0.2, 0.25) is 0 Å². The van der Waals surface area contributed by atoms with Crippen molar-refractivity contribution in [3.05, 3.63) is 95.6 Å². The molecule has 0 spiro atoms.